The van der Waals surface area contributed by atoms with Gasteiger partial charge in [0.05, 0.1) is 19.9 Å². The molecule has 3 rings (SSSR count). The van der Waals surface area contributed by atoms with Gasteiger partial charge in [0.25, 0.3) is 0 Å². The number of allylic oxidation sites excluding steroid dienone is 1. The van der Waals surface area contributed by atoms with Gasteiger partial charge in [-0.1, -0.05) is 17.7 Å². The zero-order valence-corrected chi connectivity index (χ0v) is 18.0. The number of nitrogens with one attached hydrogen (secondary N) is 1. The second-order valence-corrected chi connectivity index (χ2v) is 7.55. The number of nitrogens with zero attached hydrogens (tertiary/aromatic N) is 2. The third-order valence-electron chi connectivity index (χ3n) is 4.57. The molecule has 1 N–H and O–H groups in total. The largest absolute Gasteiger partial charge is 0.493 e. The van der Waals surface area contributed by atoms with E-state index in [1.54, 1.807) is 20.4 Å². The van der Waals surface area contributed by atoms with Crippen LogP contribution in [0.15, 0.2) is 41.9 Å². The summed E-state index contributed by atoms with van der Waals surface area (Å²) in [6, 6.07) is 12.1. The van der Waals surface area contributed by atoms with Gasteiger partial charge in [-0.05, 0) is 50.1 Å². The number of anilines is 1. The number of nitriles is 1. The lowest BCUT2D eigenvalue weighted by molar-refractivity contribution is 0.355. The van der Waals surface area contributed by atoms with E-state index in [0.717, 1.165) is 28.1 Å². The minimum Gasteiger partial charge on any atom is -0.493 e. The maximum atomic E-state index is 9.64. The normalized spacial score (nSPS) is 11.1. The fourth-order valence-electron chi connectivity index (χ4n) is 3.22. The Morgan fingerprint density at radius 1 is 1.07 bits per heavy atom. The lowest BCUT2D eigenvalue weighted by atomic mass is 10.1. The first-order valence-electron chi connectivity index (χ1n) is 9.09. The Bertz CT molecular complexity index is 1090. The molecule has 1 aromatic heterocycles. The van der Waals surface area contributed by atoms with Crippen LogP contribution < -0.4 is 14.8 Å². The van der Waals surface area contributed by atoms with Crippen molar-refractivity contribution in [3.8, 4) is 28.8 Å². The van der Waals surface area contributed by atoms with E-state index in [0.29, 0.717) is 22.1 Å². The zero-order chi connectivity index (χ0) is 21.0. The average Bonchev–Trinajstić information content (AvgIpc) is 3.19. The van der Waals surface area contributed by atoms with E-state index in [4.69, 9.17) is 9.47 Å². The van der Waals surface area contributed by atoms with Gasteiger partial charge >= 0.3 is 0 Å². The first-order valence-corrected chi connectivity index (χ1v) is 9.97. The molecule has 0 aliphatic carbocycles. The first-order chi connectivity index (χ1) is 14.0. The highest BCUT2D eigenvalue weighted by Gasteiger charge is 2.12. The van der Waals surface area contributed by atoms with Gasteiger partial charge in [0.15, 0.2) is 11.5 Å². The molecule has 0 unspecified atom stereocenters. The highest BCUT2D eigenvalue weighted by molar-refractivity contribution is 7.11. The van der Waals surface area contributed by atoms with Crippen LogP contribution in [0.1, 0.15) is 21.7 Å². The van der Waals surface area contributed by atoms with E-state index in [9.17, 15) is 5.26 Å². The number of aryl methyl sites for hydroxylation is 3. The number of methoxy groups -OCH3 is 2. The minimum absolute atomic E-state index is 0.487. The Morgan fingerprint density at radius 3 is 2.38 bits per heavy atom. The topological polar surface area (TPSA) is 67.2 Å². The van der Waals surface area contributed by atoms with Crippen molar-refractivity contribution in [3.05, 3.63) is 63.6 Å². The molecule has 29 heavy (non-hydrogen) atoms. The SMILES string of the molecule is COc1ccc(-c2csc(C(C#N)=CNc3c(C)cc(C)cc3C)n2)cc1OC. The smallest absolute Gasteiger partial charge is 0.161 e. The number of hydrogen-bond acceptors (Lipinski definition) is 6. The van der Waals surface area contributed by atoms with Gasteiger partial charge in [-0.2, -0.15) is 5.26 Å². The van der Waals surface area contributed by atoms with Crippen molar-refractivity contribution in [2.45, 2.75) is 20.8 Å². The molecule has 2 aromatic carbocycles. The molecule has 0 amide bonds. The molecular formula is C23H23N3O2S. The van der Waals surface area contributed by atoms with E-state index in [1.165, 1.54) is 16.9 Å². The van der Waals surface area contributed by atoms with Crippen LogP contribution in [0.25, 0.3) is 16.8 Å². The second-order valence-electron chi connectivity index (χ2n) is 6.70. The Labute approximate surface area is 175 Å². The summed E-state index contributed by atoms with van der Waals surface area (Å²) in [6.07, 6.45) is 1.72. The summed E-state index contributed by atoms with van der Waals surface area (Å²) in [5.74, 6) is 1.31. The Hall–Kier alpha value is -3.30. The predicted molar refractivity (Wildman–Crippen MR) is 119 cm³/mol. The van der Waals surface area contributed by atoms with Crippen molar-refractivity contribution in [1.82, 2.24) is 4.98 Å². The molecule has 0 radical (unpaired) electrons. The summed E-state index contributed by atoms with van der Waals surface area (Å²) in [6.45, 7) is 6.19. The number of benzene rings is 2. The Kier molecular flexibility index (Phi) is 6.20. The zero-order valence-electron chi connectivity index (χ0n) is 17.2. The molecule has 0 saturated heterocycles. The molecule has 5 nitrogen and oxygen atoms in total. The Morgan fingerprint density at radius 2 is 1.76 bits per heavy atom. The van der Waals surface area contributed by atoms with Crippen molar-refractivity contribution in [1.29, 1.82) is 5.26 Å². The second kappa shape index (κ2) is 8.80. The molecule has 0 bridgehead atoms. The summed E-state index contributed by atoms with van der Waals surface area (Å²) in [5.41, 5.74) is 6.69. The van der Waals surface area contributed by atoms with E-state index in [-0.39, 0.29) is 0 Å². The molecule has 0 aliphatic heterocycles. The van der Waals surface area contributed by atoms with Crippen LogP contribution in [0.3, 0.4) is 0 Å². The van der Waals surface area contributed by atoms with Crippen LogP contribution in [0.4, 0.5) is 5.69 Å². The van der Waals surface area contributed by atoms with Gasteiger partial charge in [-0.3, -0.25) is 0 Å². The van der Waals surface area contributed by atoms with Crippen LogP contribution in [0.2, 0.25) is 0 Å². The molecule has 0 aliphatic rings. The number of hydrogen-bond donors (Lipinski definition) is 1. The van der Waals surface area contributed by atoms with Gasteiger partial charge in [0.2, 0.25) is 0 Å². The van der Waals surface area contributed by atoms with Gasteiger partial charge in [0.1, 0.15) is 16.6 Å². The molecule has 148 valence electrons. The maximum absolute atomic E-state index is 9.64. The Balaban J connectivity index is 1.89. The minimum atomic E-state index is 0.487. The number of ether oxygens (including phenoxy) is 2. The molecule has 0 fully saturated rings. The fraction of sp³-hybridized carbons (Fsp3) is 0.217. The van der Waals surface area contributed by atoms with Crippen LogP contribution in [-0.4, -0.2) is 19.2 Å². The molecule has 0 atom stereocenters. The molecule has 0 spiro atoms. The van der Waals surface area contributed by atoms with Crippen molar-refractivity contribution < 1.29 is 9.47 Å². The van der Waals surface area contributed by atoms with Crippen LogP contribution in [0.5, 0.6) is 11.5 Å². The van der Waals surface area contributed by atoms with Gasteiger partial charge < -0.3 is 14.8 Å². The van der Waals surface area contributed by atoms with Gasteiger partial charge in [-0.15, -0.1) is 11.3 Å². The van der Waals surface area contributed by atoms with E-state index in [1.807, 2.05) is 23.6 Å². The lowest BCUT2D eigenvalue weighted by Gasteiger charge is -2.11. The third kappa shape index (κ3) is 4.41. The molecule has 1 heterocycles. The molecule has 3 aromatic rings. The van der Waals surface area contributed by atoms with Crippen molar-refractivity contribution in [3.63, 3.8) is 0 Å². The third-order valence-corrected chi connectivity index (χ3v) is 5.45. The summed E-state index contributed by atoms with van der Waals surface area (Å²) in [5, 5.41) is 15.5. The molecular weight excluding hydrogens is 382 g/mol. The van der Waals surface area contributed by atoms with Crippen molar-refractivity contribution in [2.75, 3.05) is 19.5 Å². The highest BCUT2D eigenvalue weighted by Crippen LogP contribution is 2.33. The monoisotopic (exact) mass is 405 g/mol. The summed E-state index contributed by atoms with van der Waals surface area (Å²) in [4.78, 5) is 4.65. The average molecular weight is 406 g/mol. The summed E-state index contributed by atoms with van der Waals surface area (Å²) >= 11 is 1.43. The van der Waals surface area contributed by atoms with Crippen LogP contribution in [0, 0.1) is 32.1 Å². The highest BCUT2D eigenvalue weighted by atomic mass is 32.1. The van der Waals surface area contributed by atoms with Crippen molar-refractivity contribution >= 4 is 22.6 Å². The number of aromatic nitrogens is 1. The lowest BCUT2D eigenvalue weighted by Crippen LogP contribution is -1.97. The number of thiazole rings is 1. The van der Waals surface area contributed by atoms with Crippen molar-refractivity contribution in [2.24, 2.45) is 0 Å². The first kappa shape index (κ1) is 20.4. The maximum Gasteiger partial charge on any atom is 0.161 e. The van der Waals surface area contributed by atoms with Crippen LogP contribution >= 0.6 is 11.3 Å². The quantitative estimate of drug-likeness (QED) is 0.531. The summed E-state index contributed by atoms with van der Waals surface area (Å²) in [7, 11) is 3.21. The summed E-state index contributed by atoms with van der Waals surface area (Å²) < 4.78 is 10.7. The molecule has 6 heteroatoms. The van der Waals surface area contributed by atoms with E-state index >= 15 is 0 Å². The van der Waals surface area contributed by atoms with E-state index < -0.39 is 0 Å². The van der Waals surface area contributed by atoms with Gasteiger partial charge in [0, 0.05) is 22.8 Å². The van der Waals surface area contributed by atoms with Crippen LogP contribution in [-0.2, 0) is 0 Å². The number of rotatable bonds is 6. The standard InChI is InChI=1S/C23H23N3O2S/c1-14-8-15(2)22(16(3)9-14)25-12-18(11-24)23-26-19(13-29-23)17-6-7-20(27-4)21(10-17)28-5/h6-10,12-13,25H,1-5H3. The van der Waals surface area contributed by atoms with Gasteiger partial charge in [-0.25, -0.2) is 4.98 Å². The fourth-order valence-corrected chi connectivity index (χ4v) is 4.01. The van der Waals surface area contributed by atoms with E-state index in [2.05, 4.69) is 49.3 Å². The molecule has 0 saturated carbocycles. The predicted octanol–water partition coefficient (Wildman–Crippen LogP) is 5.73.